The summed E-state index contributed by atoms with van der Waals surface area (Å²) < 4.78 is 15.3. The maximum absolute atomic E-state index is 13.3. The molecule has 0 saturated carbocycles. The molecule has 0 spiro atoms. The lowest BCUT2D eigenvalue weighted by atomic mass is 10.1. The first-order chi connectivity index (χ1) is 11.5. The van der Waals surface area contributed by atoms with Crippen LogP contribution >= 0.6 is 11.8 Å². The average Bonchev–Trinajstić information content (AvgIpc) is 2.98. The van der Waals surface area contributed by atoms with Crippen molar-refractivity contribution in [3.05, 3.63) is 35.9 Å². The zero-order valence-electron chi connectivity index (χ0n) is 14.1. The van der Waals surface area contributed by atoms with Crippen LogP contribution in [0.3, 0.4) is 0 Å². The standard InChI is InChI=1S/C17H21FN4OS/c1-11(2)22-10-19-20-17(22)24-15-5-4-8-21(16(15)23)14-7-6-13(18)9-12(14)3/h6-7,9-11,15H,4-5,8H2,1-3H3/t15-/m1/s1. The Morgan fingerprint density at radius 3 is 2.88 bits per heavy atom. The number of halogens is 1. The first-order valence-corrected chi connectivity index (χ1v) is 8.99. The molecule has 7 heteroatoms. The molecule has 1 aliphatic rings. The minimum atomic E-state index is -0.281. The number of anilines is 1. The Labute approximate surface area is 145 Å². The number of piperidine rings is 1. The molecular weight excluding hydrogens is 327 g/mol. The number of carbonyl (C=O) groups excluding carboxylic acids is 1. The molecule has 0 N–H and O–H groups in total. The number of benzene rings is 1. The van der Waals surface area contributed by atoms with Crippen LogP contribution in [0.15, 0.2) is 29.7 Å². The van der Waals surface area contributed by atoms with Gasteiger partial charge in [-0.2, -0.15) is 0 Å². The van der Waals surface area contributed by atoms with Crippen molar-refractivity contribution in [3.63, 3.8) is 0 Å². The minimum absolute atomic E-state index is 0.0549. The number of amides is 1. The predicted octanol–water partition coefficient (Wildman–Crippen LogP) is 3.59. The van der Waals surface area contributed by atoms with Crippen LogP contribution in [0.2, 0.25) is 0 Å². The van der Waals surface area contributed by atoms with E-state index in [0.717, 1.165) is 29.2 Å². The molecule has 128 valence electrons. The third kappa shape index (κ3) is 3.31. The zero-order valence-corrected chi connectivity index (χ0v) is 14.9. The van der Waals surface area contributed by atoms with E-state index in [1.807, 2.05) is 11.5 Å². The maximum atomic E-state index is 13.3. The Bertz CT molecular complexity index is 746. The molecule has 1 saturated heterocycles. The highest BCUT2D eigenvalue weighted by molar-refractivity contribution is 8.00. The Morgan fingerprint density at radius 1 is 1.38 bits per heavy atom. The van der Waals surface area contributed by atoms with Gasteiger partial charge in [0.1, 0.15) is 12.1 Å². The second-order valence-electron chi connectivity index (χ2n) is 6.28. The first kappa shape index (κ1) is 17.0. The Hall–Kier alpha value is -1.89. The second-order valence-corrected chi connectivity index (χ2v) is 7.45. The number of nitrogens with zero attached hydrogens (tertiary/aromatic N) is 4. The smallest absolute Gasteiger partial charge is 0.240 e. The van der Waals surface area contributed by atoms with Gasteiger partial charge < -0.3 is 9.47 Å². The quantitative estimate of drug-likeness (QED) is 0.847. The number of aromatic nitrogens is 3. The molecule has 1 amide bonds. The fraction of sp³-hybridized carbons (Fsp3) is 0.471. The molecule has 0 aliphatic carbocycles. The summed E-state index contributed by atoms with van der Waals surface area (Å²) in [5.74, 6) is -0.226. The average molecular weight is 348 g/mol. The minimum Gasteiger partial charge on any atom is -0.311 e. The van der Waals surface area contributed by atoms with Gasteiger partial charge in [0.15, 0.2) is 5.16 Å². The normalized spacial score (nSPS) is 18.5. The van der Waals surface area contributed by atoms with Crippen molar-refractivity contribution < 1.29 is 9.18 Å². The maximum Gasteiger partial charge on any atom is 0.240 e. The summed E-state index contributed by atoms with van der Waals surface area (Å²) in [7, 11) is 0. The van der Waals surface area contributed by atoms with Gasteiger partial charge in [0.25, 0.3) is 0 Å². The summed E-state index contributed by atoms with van der Waals surface area (Å²) in [6.07, 6.45) is 3.42. The summed E-state index contributed by atoms with van der Waals surface area (Å²) in [6.45, 7) is 6.62. The van der Waals surface area contributed by atoms with Gasteiger partial charge in [0.05, 0.1) is 5.25 Å². The number of carbonyl (C=O) groups is 1. The van der Waals surface area contributed by atoms with E-state index < -0.39 is 0 Å². The van der Waals surface area contributed by atoms with E-state index in [1.165, 1.54) is 23.9 Å². The van der Waals surface area contributed by atoms with Gasteiger partial charge in [-0.1, -0.05) is 11.8 Å². The fourth-order valence-electron chi connectivity index (χ4n) is 2.91. The van der Waals surface area contributed by atoms with Gasteiger partial charge in [-0.05, 0) is 57.4 Å². The SMILES string of the molecule is Cc1cc(F)ccc1N1CCC[C@@H](Sc2nncn2C(C)C)C1=O. The molecule has 0 bridgehead atoms. The second kappa shape index (κ2) is 6.93. The number of aryl methyl sites for hydroxylation is 1. The van der Waals surface area contributed by atoms with E-state index in [9.17, 15) is 9.18 Å². The summed E-state index contributed by atoms with van der Waals surface area (Å²) in [4.78, 5) is 14.7. The number of thioether (sulfide) groups is 1. The van der Waals surface area contributed by atoms with Crippen molar-refractivity contribution >= 4 is 23.4 Å². The van der Waals surface area contributed by atoms with Crippen LogP contribution in [-0.4, -0.2) is 32.5 Å². The highest BCUT2D eigenvalue weighted by atomic mass is 32.2. The van der Waals surface area contributed by atoms with Crippen LogP contribution in [0.4, 0.5) is 10.1 Å². The zero-order chi connectivity index (χ0) is 17.3. The van der Waals surface area contributed by atoms with E-state index >= 15 is 0 Å². The van der Waals surface area contributed by atoms with E-state index in [4.69, 9.17) is 0 Å². The summed E-state index contributed by atoms with van der Waals surface area (Å²) in [6, 6.07) is 4.81. The third-order valence-electron chi connectivity index (χ3n) is 4.18. The number of hydrogen-bond acceptors (Lipinski definition) is 4. The molecule has 3 rings (SSSR count). The number of hydrogen-bond donors (Lipinski definition) is 0. The van der Waals surface area contributed by atoms with Crippen molar-refractivity contribution in [1.29, 1.82) is 0 Å². The number of rotatable bonds is 4. The molecule has 1 aromatic carbocycles. The molecule has 24 heavy (non-hydrogen) atoms. The van der Waals surface area contributed by atoms with Crippen LogP contribution in [0.1, 0.15) is 38.3 Å². The summed E-state index contributed by atoms with van der Waals surface area (Å²) >= 11 is 1.47. The lowest BCUT2D eigenvalue weighted by molar-refractivity contribution is -0.119. The van der Waals surface area contributed by atoms with E-state index in [1.54, 1.807) is 17.3 Å². The van der Waals surface area contributed by atoms with Crippen LogP contribution < -0.4 is 4.90 Å². The first-order valence-electron chi connectivity index (χ1n) is 8.11. The molecule has 1 aliphatic heterocycles. The lowest BCUT2D eigenvalue weighted by Gasteiger charge is -2.32. The van der Waals surface area contributed by atoms with Crippen molar-refractivity contribution in [2.24, 2.45) is 0 Å². The van der Waals surface area contributed by atoms with Crippen molar-refractivity contribution in [2.75, 3.05) is 11.4 Å². The Balaban J connectivity index is 1.81. The van der Waals surface area contributed by atoms with Gasteiger partial charge in [0, 0.05) is 18.3 Å². The van der Waals surface area contributed by atoms with Crippen molar-refractivity contribution in [1.82, 2.24) is 14.8 Å². The van der Waals surface area contributed by atoms with E-state index in [-0.39, 0.29) is 23.0 Å². The van der Waals surface area contributed by atoms with Gasteiger partial charge >= 0.3 is 0 Å². The summed E-state index contributed by atoms with van der Waals surface area (Å²) in [5, 5.41) is 8.68. The largest absolute Gasteiger partial charge is 0.311 e. The van der Waals surface area contributed by atoms with Gasteiger partial charge in [-0.3, -0.25) is 4.79 Å². The van der Waals surface area contributed by atoms with Crippen LogP contribution in [-0.2, 0) is 4.79 Å². The Kier molecular flexibility index (Phi) is 4.89. The van der Waals surface area contributed by atoms with E-state index in [0.29, 0.717) is 6.54 Å². The monoisotopic (exact) mass is 348 g/mol. The van der Waals surface area contributed by atoms with Crippen LogP contribution in [0.25, 0.3) is 0 Å². The van der Waals surface area contributed by atoms with Gasteiger partial charge in [0.2, 0.25) is 5.91 Å². The topological polar surface area (TPSA) is 51.0 Å². The molecule has 0 unspecified atom stereocenters. The third-order valence-corrected chi connectivity index (χ3v) is 5.41. The molecule has 1 fully saturated rings. The lowest BCUT2D eigenvalue weighted by Crippen LogP contribution is -2.43. The fourth-order valence-corrected chi connectivity index (χ4v) is 4.15. The summed E-state index contributed by atoms with van der Waals surface area (Å²) in [5.41, 5.74) is 1.57. The van der Waals surface area contributed by atoms with Crippen LogP contribution in [0, 0.1) is 12.7 Å². The van der Waals surface area contributed by atoms with Crippen molar-refractivity contribution in [3.8, 4) is 0 Å². The molecule has 2 aromatic rings. The highest BCUT2D eigenvalue weighted by Gasteiger charge is 2.32. The van der Waals surface area contributed by atoms with Crippen LogP contribution in [0.5, 0.6) is 0 Å². The van der Waals surface area contributed by atoms with Crippen molar-refractivity contribution in [2.45, 2.75) is 50.1 Å². The molecular formula is C17H21FN4OS. The van der Waals surface area contributed by atoms with Gasteiger partial charge in [-0.15, -0.1) is 10.2 Å². The molecule has 2 heterocycles. The molecule has 0 radical (unpaired) electrons. The van der Waals surface area contributed by atoms with E-state index in [2.05, 4.69) is 24.0 Å². The molecule has 5 nitrogen and oxygen atoms in total. The molecule has 1 aromatic heterocycles. The molecule has 1 atom stereocenters. The predicted molar refractivity (Wildman–Crippen MR) is 92.8 cm³/mol. The highest BCUT2D eigenvalue weighted by Crippen LogP contribution is 2.33. The Morgan fingerprint density at radius 2 is 2.17 bits per heavy atom. The van der Waals surface area contributed by atoms with Gasteiger partial charge in [-0.25, -0.2) is 4.39 Å².